The number of pyridine rings is 1. The van der Waals surface area contributed by atoms with E-state index in [4.69, 9.17) is 11.6 Å². The second-order valence-corrected chi connectivity index (χ2v) is 4.95. The van der Waals surface area contributed by atoms with Crippen LogP contribution in [-0.4, -0.2) is 9.55 Å². The highest BCUT2D eigenvalue weighted by atomic mass is 35.5. The van der Waals surface area contributed by atoms with Crippen LogP contribution < -0.4 is 5.56 Å². The Morgan fingerprint density at radius 3 is 3.00 bits per heavy atom. The van der Waals surface area contributed by atoms with Crippen molar-refractivity contribution in [1.82, 2.24) is 9.55 Å². The highest BCUT2D eigenvalue weighted by molar-refractivity contribution is 7.15. The first-order chi connectivity index (χ1) is 7.15. The predicted octanol–water partition coefficient (Wildman–Crippen LogP) is 2.31. The van der Waals surface area contributed by atoms with E-state index in [1.54, 1.807) is 23.0 Å². The van der Waals surface area contributed by atoms with Gasteiger partial charge in [0.2, 0.25) is 0 Å². The van der Waals surface area contributed by atoms with Crippen LogP contribution in [0.15, 0.2) is 29.3 Å². The van der Waals surface area contributed by atoms with Crippen LogP contribution in [0.1, 0.15) is 10.4 Å². The molecule has 0 saturated heterocycles. The molecule has 5 heteroatoms. The van der Waals surface area contributed by atoms with Gasteiger partial charge in [-0.25, -0.2) is 4.98 Å². The summed E-state index contributed by atoms with van der Waals surface area (Å²) in [6, 6.07) is 3.52. The van der Waals surface area contributed by atoms with Crippen LogP contribution in [0.3, 0.4) is 0 Å². The number of hydrogen-bond donors (Lipinski definition) is 0. The van der Waals surface area contributed by atoms with Crippen molar-refractivity contribution in [1.29, 1.82) is 0 Å². The number of thiazole rings is 1. The minimum atomic E-state index is -0.000442. The van der Waals surface area contributed by atoms with Crippen LogP contribution in [0.5, 0.6) is 0 Å². The molecule has 0 unspecified atom stereocenters. The lowest BCUT2D eigenvalue weighted by molar-refractivity contribution is 0.766. The van der Waals surface area contributed by atoms with Crippen molar-refractivity contribution >= 4 is 22.9 Å². The minimum Gasteiger partial charge on any atom is -0.310 e. The Balaban J connectivity index is 2.28. The van der Waals surface area contributed by atoms with E-state index in [9.17, 15) is 4.79 Å². The Labute approximate surface area is 96.0 Å². The van der Waals surface area contributed by atoms with Gasteiger partial charge in [0.1, 0.15) is 0 Å². The molecule has 2 heterocycles. The van der Waals surface area contributed by atoms with Crippen LogP contribution in [0.2, 0.25) is 4.47 Å². The Kier molecular flexibility index (Phi) is 2.88. The van der Waals surface area contributed by atoms with Gasteiger partial charge in [0, 0.05) is 23.3 Å². The van der Waals surface area contributed by atoms with Crippen molar-refractivity contribution < 1.29 is 0 Å². The third-order valence-electron chi connectivity index (χ3n) is 2.00. The zero-order chi connectivity index (χ0) is 10.8. The molecule has 0 bridgehead atoms. The van der Waals surface area contributed by atoms with E-state index < -0.39 is 0 Å². The lowest BCUT2D eigenvalue weighted by atomic mass is 10.3. The van der Waals surface area contributed by atoms with Gasteiger partial charge in [0.25, 0.3) is 5.56 Å². The van der Waals surface area contributed by atoms with Gasteiger partial charge in [-0.2, -0.15) is 0 Å². The summed E-state index contributed by atoms with van der Waals surface area (Å²) in [5, 5.41) is 0. The third kappa shape index (κ3) is 2.46. The molecular weight excluding hydrogens is 232 g/mol. The maximum absolute atomic E-state index is 11.6. The molecule has 0 aliphatic heterocycles. The second-order valence-electron chi connectivity index (χ2n) is 3.25. The number of hydrogen-bond acceptors (Lipinski definition) is 3. The van der Waals surface area contributed by atoms with Crippen molar-refractivity contribution in [3.63, 3.8) is 0 Å². The molecule has 2 aromatic heterocycles. The van der Waals surface area contributed by atoms with E-state index in [2.05, 4.69) is 4.98 Å². The van der Waals surface area contributed by atoms with Gasteiger partial charge in [-0.15, -0.1) is 11.3 Å². The zero-order valence-electron chi connectivity index (χ0n) is 8.11. The molecule has 78 valence electrons. The van der Waals surface area contributed by atoms with Crippen molar-refractivity contribution in [3.05, 3.63) is 49.8 Å². The summed E-state index contributed by atoms with van der Waals surface area (Å²) in [6.07, 6.45) is 3.48. The summed E-state index contributed by atoms with van der Waals surface area (Å²) in [6.45, 7) is 2.43. The highest BCUT2D eigenvalue weighted by Crippen LogP contribution is 2.18. The van der Waals surface area contributed by atoms with E-state index in [1.807, 2.05) is 13.0 Å². The molecule has 0 amide bonds. The molecule has 0 N–H and O–H groups in total. The fourth-order valence-electron chi connectivity index (χ4n) is 1.26. The molecule has 2 aromatic rings. The molecule has 2 rings (SSSR count). The Hall–Kier alpha value is -1.13. The third-order valence-corrected chi connectivity index (χ3v) is 3.10. The Bertz CT molecular complexity index is 532. The molecule has 0 radical (unpaired) electrons. The predicted molar refractivity (Wildman–Crippen MR) is 61.7 cm³/mol. The molecule has 15 heavy (non-hydrogen) atoms. The average molecular weight is 241 g/mol. The van der Waals surface area contributed by atoms with Gasteiger partial charge in [0.05, 0.1) is 6.54 Å². The lowest BCUT2D eigenvalue weighted by Gasteiger charge is -2.02. The van der Waals surface area contributed by atoms with Crippen LogP contribution in [0.4, 0.5) is 0 Å². The minimum absolute atomic E-state index is 0.000442. The van der Waals surface area contributed by atoms with E-state index >= 15 is 0 Å². The molecule has 3 nitrogen and oxygen atoms in total. The van der Waals surface area contributed by atoms with Gasteiger partial charge in [-0.3, -0.25) is 4.79 Å². The monoisotopic (exact) mass is 240 g/mol. The Morgan fingerprint density at radius 1 is 1.60 bits per heavy atom. The number of aryl methyl sites for hydroxylation is 1. The van der Waals surface area contributed by atoms with Crippen molar-refractivity contribution in [2.24, 2.45) is 0 Å². The van der Waals surface area contributed by atoms with E-state index in [-0.39, 0.29) is 5.56 Å². The van der Waals surface area contributed by atoms with Gasteiger partial charge < -0.3 is 4.57 Å². The molecule has 0 fully saturated rings. The maximum atomic E-state index is 11.6. The number of nitrogens with zero attached hydrogens (tertiary/aromatic N) is 2. The van der Waals surface area contributed by atoms with E-state index in [1.165, 1.54) is 11.3 Å². The highest BCUT2D eigenvalue weighted by Gasteiger charge is 2.01. The van der Waals surface area contributed by atoms with Gasteiger partial charge in [-0.1, -0.05) is 11.6 Å². The van der Waals surface area contributed by atoms with Gasteiger partial charge >= 0.3 is 0 Å². The maximum Gasteiger partial charge on any atom is 0.251 e. The molecule has 0 aliphatic carbocycles. The fourth-order valence-corrected chi connectivity index (χ4v) is 2.24. The van der Waals surface area contributed by atoms with Gasteiger partial charge in [-0.05, 0) is 18.6 Å². The SMILES string of the molecule is Cc1ccn(Cc2cnc(Cl)s2)c(=O)c1. The summed E-state index contributed by atoms with van der Waals surface area (Å²) in [7, 11) is 0. The first-order valence-electron chi connectivity index (χ1n) is 4.42. The molecule has 0 saturated carbocycles. The smallest absolute Gasteiger partial charge is 0.251 e. The number of rotatable bonds is 2. The zero-order valence-corrected chi connectivity index (χ0v) is 9.68. The molecule has 0 spiro atoms. The van der Waals surface area contributed by atoms with Crippen LogP contribution in [-0.2, 0) is 6.54 Å². The standard InChI is InChI=1S/C10H9ClN2OS/c1-7-2-3-13(9(14)4-7)6-8-5-12-10(11)15-8/h2-5H,6H2,1H3. The topological polar surface area (TPSA) is 34.9 Å². The first kappa shape index (κ1) is 10.4. The van der Waals surface area contributed by atoms with E-state index in [0.717, 1.165) is 10.4 Å². The summed E-state index contributed by atoms with van der Waals surface area (Å²) < 4.78 is 2.14. The average Bonchev–Trinajstić information content (AvgIpc) is 2.56. The van der Waals surface area contributed by atoms with Crippen molar-refractivity contribution in [2.75, 3.05) is 0 Å². The Morgan fingerprint density at radius 2 is 2.40 bits per heavy atom. The summed E-state index contributed by atoms with van der Waals surface area (Å²) in [4.78, 5) is 16.5. The van der Waals surface area contributed by atoms with Crippen LogP contribution in [0.25, 0.3) is 0 Å². The molecule has 0 atom stereocenters. The van der Waals surface area contributed by atoms with Crippen LogP contribution >= 0.6 is 22.9 Å². The summed E-state index contributed by atoms with van der Waals surface area (Å²) in [5.41, 5.74) is 0.970. The molecular formula is C10H9ClN2OS. The quantitative estimate of drug-likeness (QED) is 0.808. The van der Waals surface area contributed by atoms with Gasteiger partial charge in [0.15, 0.2) is 4.47 Å². The number of aromatic nitrogens is 2. The number of halogens is 1. The second kappa shape index (κ2) is 4.16. The first-order valence-corrected chi connectivity index (χ1v) is 5.62. The molecule has 0 aromatic carbocycles. The summed E-state index contributed by atoms with van der Waals surface area (Å²) >= 11 is 7.10. The largest absolute Gasteiger partial charge is 0.310 e. The normalized spacial score (nSPS) is 10.5. The van der Waals surface area contributed by atoms with Crippen molar-refractivity contribution in [2.45, 2.75) is 13.5 Å². The van der Waals surface area contributed by atoms with Crippen molar-refractivity contribution in [3.8, 4) is 0 Å². The fraction of sp³-hybridized carbons (Fsp3) is 0.200. The molecule has 0 aliphatic rings. The van der Waals surface area contributed by atoms with E-state index in [0.29, 0.717) is 11.0 Å². The van der Waals surface area contributed by atoms with Crippen LogP contribution in [0, 0.1) is 6.92 Å². The lowest BCUT2D eigenvalue weighted by Crippen LogP contribution is -2.18. The summed E-state index contributed by atoms with van der Waals surface area (Å²) in [5.74, 6) is 0.